The van der Waals surface area contributed by atoms with E-state index in [1.54, 1.807) is 16.8 Å². The molecule has 1 aliphatic rings. The molecule has 1 saturated heterocycles. The first-order valence-corrected chi connectivity index (χ1v) is 9.88. The molecule has 1 aliphatic heterocycles. The molecule has 1 aromatic heterocycles. The van der Waals surface area contributed by atoms with Crippen LogP contribution in [0.2, 0.25) is 0 Å². The Morgan fingerprint density at radius 3 is 2.31 bits per heavy atom. The Hall–Kier alpha value is -3.15. The molecule has 5 nitrogen and oxygen atoms in total. The fraction of sp³-hybridized carbons (Fsp3) is 0.304. The van der Waals surface area contributed by atoms with Crippen LogP contribution < -0.4 is 4.90 Å². The molecule has 0 saturated carbocycles. The van der Waals surface area contributed by atoms with E-state index in [4.69, 9.17) is 0 Å². The van der Waals surface area contributed by atoms with E-state index in [1.807, 2.05) is 60.6 Å². The van der Waals surface area contributed by atoms with Crippen molar-refractivity contribution in [1.29, 1.82) is 0 Å². The molecule has 3 aromatic rings. The molecule has 1 fully saturated rings. The molecule has 29 heavy (non-hydrogen) atoms. The average molecular weight is 392 g/mol. The van der Waals surface area contributed by atoms with Crippen molar-refractivity contribution < 1.29 is 9.18 Å². The summed E-state index contributed by atoms with van der Waals surface area (Å²) in [7, 11) is 3.97. The van der Waals surface area contributed by atoms with E-state index in [1.165, 1.54) is 12.1 Å². The van der Waals surface area contributed by atoms with E-state index in [9.17, 15) is 9.18 Å². The van der Waals surface area contributed by atoms with E-state index in [2.05, 4.69) is 5.10 Å². The van der Waals surface area contributed by atoms with E-state index in [-0.39, 0.29) is 11.7 Å². The number of benzene rings is 2. The lowest BCUT2D eigenvalue weighted by molar-refractivity contribution is 0.0713. The highest BCUT2D eigenvalue weighted by Crippen LogP contribution is 2.29. The molecule has 0 N–H and O–H groups in total. The van der Waals surface area contributed by atoms with Gasteiger partial charge in [-0.25, -0.2) is 9.07 Å². The summed E-state index contributed by atoms with van der Waals surface area (Å²) in [6.45, 7) is 1.47. The summed E-state index contributed by atoms with van der Waals surface area (Å²) in [5, 5.41) is 4.43. The van der Waals surface area contributed by atoms with Crippen molar-refractivity contribution in [2.75, 3.05) is 32.1 Å². The van der Waals surface area contributed by atoms with Gasteiger partial charge in [0.2, 0.25) is 0 Å². The fourth-order valence-electron chi connectivity index (χ4n) is 3.78. The Balaban J connectivity index is 1.38. The molecule has 0 atom stereocenters. The normalized spacial score (nSPS) is 14.8. The maximum atomic E-state index is 13.1. The van der Waals surface area contributed by atoms with Gasteiger partial charge in [-0.05, 0) is 72.9 Å². The molecule has 0 radical (unpaired) electrons. The standard InChI is InChI=1S/C23H25FN4O/c1-26(2)21-7-3-18(4-8-21)23(29)27-13-11-17(12-14-27)19-15-25-28(16-19)22-9-5-20(24)6-10-22/h3-10,15-17H,11-14H2,1-2H3. The number of likely N-dealkylation sites (tertiary alicyclic amines) is 1. The van der Waals surface area contributed by atoms with Crippen molar-refractivity contribution in [2.45, 2.75) is 18.8 Å². The number of aromatic nitrogens is 2. The quantitative estimate of drug-likeness (QED) is 0.671. The Labute approximate surface area is 170 Å². The van der Waals surface area contributed by atoms with E-state index >= 15 is 0 Å². The van der Waals surface area contributed by atoms with Crippen LogP contribution in [-0.4, -0.2) is 47.8 Å². The molecule has 6 heteroatoms. The monoisotopic (exact) mass is 392 g/mol. The number of carbonyl (C=O) groups excluding carboxylic acids is 1. The minimum atomic E-state index is -0.255. The third-order valence-corrected chi connectivity index (χ3v) is 5.58. The van der Waals surface area contributed by atoms with Crippen molar-refractivity contribution in [3.8, 4) is 5.69 Å². The number of carbonyl (C=O) groups is 1. The molecule has 0 unspecified atom stereocenters. The molecule has 0 bridgehead atoms. The van der Waals surface area contributed by atoms with Gasteiger partial charge in [-0.15, -0.1) is 0 Å². The Bertz CT molecular complexity index is 971. The third kappa shape index (κ3) is 4.16. The minimum Gasteiger partial charge on any atom is -0.378 e. The average Bonchev–Trinajstić information content (AvgIpc) is 3.24. The highest BCUT2D eigenvalue weighted by Gasteiger charge is 2.25. The van der Waals surface area contributed by atoms with Gasteiger partial charge in [-0.1, -0.05) is 0 Å². The van der Waals surface area contributed by atoms with Gasteiger partial charge in [0.05, 0.1) is 11.9 Å². The number of anilines is 1. The molecular formula is C23H25FN4O. The van der Waals surface area contributed by atoms with Gasteiger partial charge in [-0.3, -0.25) is 4.79 Å². The Morgan fingerprint density at radius 2 is 1.69 bits per heavy atom. The van der Waals surface area contributed by atoms with Gasteiger partial charge in [0.15, 0.2) is 0 Å². The zero-order chi connectivity index (χ0) is 20.4. The Kier molecular flexibility index (Phi) is 5.34. The summed E-state index contributed by atoms with van der Waals surface area (Å²) in [6.07, 6.45) is 5.72. The lowest BCUT2D eigenvalue weighted by atomic mass is 9.91. The van der Waals surface area contributed by atoms with Crippen LogP contribution in [0.5, 0.6) is 0 Å². The van der Waals surface area contributed by atoms with Crippen LogP contribution in [0, 0.1) is 5.82 Å². The van der Waals surface area contributed by atoms with Crippen LogP contribution in [0.15, 0.2) is 60.9 Å². The molecule has 2 heterocycles. The predicted octanol–water partition coefficient (Wildman–Crippen LogP) is 4.10. The van der Waals surface area contributed by atoms with Gasteiger partial charge in [0.1, 0.15) is 5.82 Å². The zero-order valence-corrected chi connectivity index (χ0v) is 16.8. The summed E-state index contributed by atoms with van der Waals surface area (Å²) in [6, 6.07) is 14.1. The number of hydrogen-bond acceptors (Lipinski definition) is 3. The van der Waals surface area contributed by atoms with Crippen molar-refractivity contribution in [3.05, 3.63) is 77.9 Å². The lowest BCUT2D eigenvalue weighted by Gasteiger charge is -2.31. The van der Waals surface area contributed by atoms with E-state index in [0.717, 1.165) is 48.4 Å². The third-order valence-electron chi connectivity index (χ3n) is 5.58. The maximum Gasteiger partial charge on any atom is 0.253 e. The zero-order valence-electron chi connectivity index (χ0n) is 16.8. The van der Waals surface area contributed by atoms with Crippen LogP contribution in [-0.2, 0) is 0 Å². The molecular weight excluding hydrogens is 367 g/mol. The number of halogens is 1. The van der Waals surface area contributed by atoms with Crippen molar-refractivity contribution in [1.82, 2.24) is 14.7 Å². The first kappa shape index (κ1) is 19.2. The Morgan fingerprint density at radius 1 is 1.03 bits per heavy atom. The fourth-order valence-corrected chi connectivity index (χ4v) is 3.78. The number of rotatable bonds is 4. The number of nitrogens with zero attached hydrogens (tertiary/aromatic N) is 4. The molecule has 0 spiro atoms. The van der Waals surface area contributed by atoms with Crippen LogP contribution in [0.1, 0.15) is 34.7 Å². The van der Waals surface area contributed by atoms with Crippen LogP contribution in [0.25, 0.3) is 5.69 Å². The van der Waals surface area contributed by atoms with Crippen molar-refractivity contribution in [2.24, 2.45) is 0 Å². The van der Waals surface area contributed by atoms with E-state index in [0.29, 0.717) is 5.92 Å². The van der Waals surface area contributed by atoms with Crippen LogP contribution >= 0.6 is 0 Å². The van der Waals surface area contributed by atoms with Crippen LogP contribution in [0.4, 0.5) is 10.1 Å². The van der Waals surface area contributed by atoms with E-state index < -0.39 is 0 Å². The summed E-state index contributed by atoms with van der Waals surface area (Å²) >= 11 is 0. The maximum absolute atomic E-state index is 13.1. The predicted molar refractivity (Wildman–Crippen MR) is 112 cm³/mol. The first-order valence-electron chi connectivity index (χ1n) is 9.88. The molecule has 2 aromatic carbocycles. The summed E-state index contributed by atoms with van der Waals surface area (Å²) in [4.78, 5) is 16.8. The number of piperidine rings is 1. The second-order valence-corrected chi connectivity index (χ2v) is 7.70. The topological polar surface area (TPSA) is 41.4 Å². The lowest BCUT2D eigenvalue weighted by Crippen LogP contribution is -2.37. The van der Waals surface area contributed by atoms with Gasteiger partial charge < -0.3 is 9.80 Å². The summed E-state index contributed by atoms with van der Waals surface area (Å²) in [5.74, 6) is 0.217. The molecule has 4 rings (SSSR count). The molecule has 150 valence electrons. The van der Waals surface area contributed by atoms with Crippen LogP contribution in [0.3, 0.4) is 0 Å². The van der Waals surface area contributed by atoms with Crippen molar-refractivity contribution >= 4 is 11.6 Å². The van der Waals surface area contributed by atoms with Gasteiger partial charge in [-0.2, -0.15) is 5.10 Å². The smallest absolute Gasteiger partial charge is 0.253 e. The van der Waals surface area contributed by atoms with Gasteiger partial charge >= 0.3 is 0 Å². The SMILES string of the molecule is CN(C)c1ccc(C(=O)N2CCC(c3cnn(-c4ccc(F)cc4)c3)CC2)cc1. The highest BCUT2D eigenvalue weighted by atomic mass is 19.1. The second-order valence-electron chi connectivity index (χ2n) is 7.70. The van der Waals surface area contributed by atoms with Crippen molar-refractivity contribution in [3.63, 3.8) is 0 Å². The molecule has 0 aliphatic carbocycles. The molecule has 1 amide bonds. The summed E-state index contributed by atoms with van der Waals surface area (Å²) < 4.78 is 14.9. The highest BCUT2D eigenvalue weighted by molar-refractivity contribution is 5.94. The number of hydrogen-bond donors (Lipinski definition) is 0. The summed E-state index contributed by atoms with van der Waals surface area (Å²) in [5.41, 5.74) is 3.82. The minimum absolute atomic E-state index is 0.0933. The van der Waals surface area contributed by atoms with Gasteiger partial charge in [0.25, 0.3) is 5.91 Å². The number of amides is 1. The largest absolute Gasteiger partial charge is 0.378 e. The second kappa shape index (κ2) is 8.07. The first-order chi connectivity index (χ1) is 14.0. The van der Waals surface area contributed by atoms with Gasteiger partial charge in [0, 0.05) is 44.6 Å².